The second kappa shape index (κ2) is 7.63. The zero-order valence-electron chi connectivity index (χ0n) is 10.4. The van der Waals surface area contributed by atoms with Crippen LogP contribution in [0.4, 0.5) is 0 Å². The molecule has 1 N–H and O–H groups in total. The smallest absolute Gasteiger partial charge is 0.294 e. The molecule has 1 aliphatic rings. The molecule has 0 aromatic heterocycles. The molecule has 0 saturated carbocycles. The fourth-order valence-corrected chi connectivity index (χ4v) is 2.09. The number of hydrogen-bond donors (Lipinski definition) is 1. The molecule has 0 radical (unpaired) electrons. The van der Waals surface area contributed by atoms with Gasteiger partial charge in [-0.3, -0.25) is 9.69 Å². The maximum atomic E-state index is 10.2. The lowest BCUT2D eigenvalue weighted by molar-refractivity contribution is -0.134. The Hall–Kier alpha value is -0.610. The van der Waals surface area contributed by atoms with Crippen LogP contribution in [-0.2, 0) is 9.53 Å². The van der Waals surface area contributed by atoms with E-state index >= 15 is 0 Å². The first-order chi connectivity index (χ1) is 7.74. The first-order valence-electron chi connectivity index (χ1n) is 6.26. The highest BCUT2D eigenvalue weighted by molar-refractivity contribution is 5.36. The van der Waals surface area contributed by atoms with Crippen LogP contribution in [0.5, 0.6) is 0 Å². The summed E-state index contributed by atoms with van der Waals surface area (Å²) in [4.78, 5) is 12.4. The molecule has 0 amide bonds. The molecule has 1 rings (SSSR count). The minimum atomic E-state index is 0.411. The highest BCUT2D eigenvalue weighted by atomic mass is 16.5. The number of nitrogens with one attached hydrogen (secondary N) is 1. The molecular weight excluding hydrogens is 204 g/mol. The Labute approximate surface area is 98.3 Å². The normalized spacial score (nSPS) is 21.4. The summed E-state index contributed by atoms with van der Waals surface area (Å²) in [6, 6.07) is 1.06. The fraction of sp³-hybridized carbons (Fsp3) is 0.917. The summed E-state index contributed by atoms with van der Waals surface area (Å²) in [7, 11) is 0. The topological polar surface area (TPSA) is 41.6 Å². The van der Waals surface area contributed by atoms with Crippen molar-refractivity contribution in [3.05, 3.63) is 0 Å². The van der Waals surface area contributed by atoms with Gasteiger partial charge in [0, 0.05) is 18.6 Å². The van der Waals surface area contributed by atoms with E-state index in [4.69, 9.17) is 4.74 Å². The molecule has 0 aliphatic carbocycles. The van der Waals surface area contributed by atoms with Gasteiger partial charge in [-0.2, -0.15) is 0 Å². The summed E-state index contributed by atoms with van der Waals surface area (Å²) in [5.41, 5.74) is 0. The van der Waals surface area contributed by atoms with Gasteiger partial charge in [0.25, 0.3) is 6.47 Å². The van der Waals surface area contributed by atoms with Gasteiger partial charge in [-0.15, -0.1) is 0 Å². The van der Waals surface area contributed by atoms with E-state index in [1.54, 1.807) is 0 Å². The van der Waals surface area contributed by atoms with Gasteiger partial charge in [-0.1, -0.05) is 6.42 Å². The number of piperidine rings is 1. The molecular formula is C12H24N2O2. The average molecular weight is 228 g/mol. The third kappa shape index (κ3) is 4.94. The van der Waals surface area contributed by atoms with E-state index in [1.165, 1.54) is 19.3 Å². The lowest BCUT2D eigenvalue weighted by Crippen LogP contribution is -2.40. The van der Waals surface area contributed by atoms with E-state index < -0.39 is 0 Å². The van der Waals surface area contributed by atoms with E-state index in [-0.39, 0.29) is 0 Å². The molecule has 4 nitrogen and oxygen atoms in total. The largest absolute Gasteiger partial charge is 0.452 e. The number of hydrogen-bond acceptors (Lipinski definition) is 4. The summed E-state index contributed by atoms with van der Waals surface area (Å²) < 4.78 is 4.82. The van der Waals surface area contributed by atoms with Crippen LogP contribution in [0.25, 0.3) is 0 Å². The highest BCUT2D eigenvalue weighted by Crippen LogP contribution is 2.11. The summed E-state index contributed by atoms with van der Waals surface area (Å²) in [6.45, 7) is 7.33. The van der Waals surface area contributed by atoms with E-state index in [2.05, 4.69) is 24.1 Å². The van der Waals surface area contributed by atoms with Crippen molar-refractivity contribution in [3.8, 4) is 0 Å². The van der Waals surface area contributed by atoms with Gasteiger partial charge >= 0.3 is 0 Å². The summed E-state index contributed by atoms with van der Waals surface area (Å²) in [5, 5.41) is 3.53. The monoisotopic (exact) mass is 228 g/mol. The van der Waals surface area contributed by atoms with Crippen molar-refractivity contribution in [3.63, 3.8) is 0 Å². The summed E-state index contributed by atoms with van der Waals surface area (Å²) in [5.74, 6) is 0. The lowest BCUT2D eigenvalue weighted by atomic mass is 10.0. The summed E-state index contributed by atoms with van der Waals surface area (Å²) >= 11 is 0. The van der Waals surface area contributed by atoms with Crippen molar-refractivity contribution < 1.29 is 9.53 Å². The minimum absolute atomic E-state index is 0.411. The Kier molecular flexibility index (Phi) is 6.42. The molecule has 1 saturated heterocycles. The molecule has 0 spiro atoms. The molecule has 1 aliphatic heterocycles. The molecule has 0 aromatic rings. The standard InChI is InChI=1S/C12H24N2O2/c1-11(2)14(9-16-10-15)8-6-12-5-3-4-7-13-12/h10-13H,3-9H2,1-2H3. The number of carbonyl (C=O) groups excluding carboxylic acids is 1. The van der Waals surface area contributed by atoms with Crippen LogP contribution in [0.15, 0.2) is 0 Å². The van der Waals surface area contributed by atoms with E-state index in [1.807, 2.05) is 0 Å². The Bertz CT molecular complexity index is 191. The van der Waals surface area contributed by atoms with Crippen LogP contribution in [0.3, 0.4) is 0 Å². The molecule has 4 heteroatoms. The van der Waals surface area contributed by atoms with Crippen LogP contribution in [-0.4, -0.2) is 43.3 Å². The van der Waals surface area contributed by atoms with Crippen LogP contribution < -0.4 is 5.32 Å². The quantitative estimate of drug-likeness (QED) is 0.528. The van der Waals surface area contributed by atoms with Crippen LogP contribution in [0.2, 0.25) is 0 Å². The maximum Gasteiger partial charge on any atom is 0.294 e. The maximum absolute atomic E-state index is 10.2. The van der Waals surface area contributed by atoms with Crippen LogP contribution in [0.1, 0.15) is 39.5 Å². The van der Waals surface area contributed by atoms with Crippen LogP contribution >= 0.6 is 0 Å². The van der Waals surface area contributed by atoms with Gasteiger partial charge in [0.2, 0.25) is 0 Å². The van der Waals surface area contributed by atoms with Crippen molar-refractivity contribution in [2.24, 2.45) is 0 Å². The second-order valence-corrected chi connectivity index (χ2v) is 4.73. The van der Waals surface area contributed by atoms with Crippen molar-refractivity contribution in [1.29, 1.82) is 0 Å². The highest BCUT2D eigenvalue weighted by Gasteiger charge is 2.15. The Morgan fingerprint density at radius 1 is 1.50 bits per heavy atom. The first kappa shape index (κ1) is 13.5. The lowest BCUT2D eigenvalue weighted by Gasteiger charge is -2.29. The number of carbonyl (C=O) groups is 1. The Morgan fingerprint density at radius 3 is 2.88 bits per heavy atom. The molecule has 0 aromatic carbocycles. The second-order valence-electron chi connectivity index (χ2n) is 4.73. The number of ether oxygens (including phenoxy) is 1. The molecule has 16 heavy (non-hydrogen) atoms. The predicted octanol–water partition coefficient (Wildman–Crippen LogP) is 1.36. The fourth-order valence-electron chi connectivity index (χ4n) is 2.09. The van der Waals surface area contributed by atoms with Gasteiger partial charge in [-0.05, 0) is 39.7 Å². The van der Waals surface area contributed by atoms with E-state index in [0.29, 0.717) is 25.3 Å². The SMILES string of the molecule is CC(C)N(CCC1CCCCN1)COC=O. The van der Waals surface area contributed by atoms with Gasteiger partial charge in [0.15, 0.2) is 0 Å². The molecule has 94 valence electrons. The van der Waals surface area contributed by atoms with E-state index in [0.717, 1.165) is 19.5 Å². The van der Waals surface area contributed by atoms with Gasteiger partial charge in [-0.25, -0.2) is 0 Å². The zero-order chi connectivity index (χ0) is 11.8. The van der Waals surface area contributed by atoms with Gasteiger partial charge in [0.1, 0.15) is 6.73 Å². The molecule has 0 bridgehead atoms. The number of nitrogens with zero attached hydrogens (tertiary/aromatic N) is 1. The zero-order valence-corrected chi connectivity index (χ0v) is 10.4. The van der Waals surface area contributed by atoms with E-state index in [9.17, 15) is 4.79 Å². The van der Waals surface area contributed by atoms with Crippen molar-refractivity contribution in [1.82, 2.24) is 10.2 Å². The molecule has 1 atom stereocenters. The van der Waals surface area contributed by atoms with Gasteiger partial charge in [0.05, 0.1) is 0 Å². The van der Waals surface area contributed by atoms with Crippen molar-refractivity contribution in [2.75, 3.05) is 19.8 Å². The molecule has 1 heterocycles. The van der Waals surface area contributed by atoms with Crippen molar-refractivity contribution >= 4 is 6.47 Å². The van der Waals surface area contributed by atoms with Crippen molar-refractivity contribution in [2.45, 2.75) is 51.6 Å². The Morgan fingerprint density at radius 2 is 2.31 bits per heavy atom. The predicted molar refractivity (Wildman–Crippen MR) is 64.1 cm³/mol. The Balaban J connectivity index is 2.22. The number of rotatable bonds is 7. The van der Waals surface area contributed by atoms with Crippen LogP contribution in [0, 0.1) is 0 Å². The third-order valence-electron chi connectivity index (χ3n) is 3.22. The summed E-state index contributed by atoms with van der Waals surface area (Å²) in [6.07, 6.45) is 5.06. The third-order valence-corrected chi connectivity index (χ3v) is 3.22. The molecule has 1 fully saturated rings. The average Bonchev–Trinajstić information content (AvgIpc) is 2.30. The first-order valence-corrected chi connectivity index (χ1v) is 6.26. The van der Waals surface area contributed by atoms with Gasteiger partial charge < -0.3 is 10.1 Å². The molecule has 1 unspecified atom stereocenters. The minimum Gasteiger partial charge on any atom is -0.452 e.